The molecule has 2 unspecified atom stereocenters. The van der Waals surface area contributed by atoms with Gasteiger partial charge in [0.2, 0.25) is 5.91 Å². The van der Waals surface area contributed by atoms with Crippen LogP contribution in [0.1, 0.15) is 26.7 Å². The van der Waals surface area contributed by atoms with Crippen molar-refractivity contribution >= 4 is 11.9 Å². The Hall–Kier alpha value is -1.31. The highest BCUT2D eigenvalue weighted by Gasteiger charge is 2.36. The lowest BCUT2D eigenvalue weighted by Crippen LogP contribution is -2.45. The zero-order valence-corrected chi connectivity index (χ0v) is 10.1. The fourth-order valence-corrected chi connectivity index (χ4v) is 1.00. The number of halogens is 3. The van der Waals surface area contributed by atoms with Crippen molar-refractivity contribution in [3.05, 3.63) is 0 Å². The van der Waals surface area contributed by atoms with E-state index in [0.29, 0.717) is 6.42 Å². The normalized spacial score (nSPS) is 14.9. The van der Waals surface area contributed by atoms with Gasteiger partial charge < -0.3 is 15.2 Å². The molecule has 0 aliphatic heterocycles. The fourth-order valence-electron chi connectivity index (χ4n) is 1.00. The number of nitrogens with one attached hydrogen (secondary N) is 1. The molecule has 0 aromatic rings. The monoisotopic (exact) mass is 271 g/mol. The molecule has 2 N–H and O–H groups in total. The summed E-state index contributed by atoms with van der Waals surface area (Å²) in [5.41, 5.74) is 0. The molecule has 0 spiro atoms. The van der Waals surface area contributed by atoms with E-state index in [-0.39, 0.29) is 6.10 Å². The first-order valence-corrected chi connectivity index (χ1v) is 5.36. The van der Waals surface area contributed by atoms with E-state index in [2.05, 4.69) is 0 Å². The van der Waals surface area contributed by atoms with Crippen LogP contribution in [-0.4, -0.2) is 41.9 Å². The molecule has 0 aromatic heterocycles. The summed E-state index contributed by atoms with van der Waals surface area (Å²) in [7, 11) is 0. The third-order valence-electron chi connectivity index (χ3n) is 2.14. The number of carbonyl (C=O) groups is 2. The molecule has 0 saturated carbocycles. The van der Waals surface area contributed by atoms with Crippen LogP contribution >= 0.6 is 0 Å². The van der Waals surface area contributed by atoms with Gasteiger partial charge in [-0.2, -0.15) is 13.2 Å². The molecule has 0 radical (unpaired) electrons. The molecule has 1 amide bonds. The summed E-state index contributed by atoms with van der Waals surface area (Å²) in [4.78, 5) is 21.7. The Labute approximate surface area is 102 Å². The first kappa shape index (κ1) is 16.7. The van der Waals surface area contributed by atoms with Crippen molar-refractivity contribution in [3.63, 3.8) is 0 Å². The van der Waals surface area contributed by atoms with Gasteiger partial charge in [0.25, 0.3) is 0 Å². The summed E-state index contributed by atoms with van der Waals surface area (Å²) in [6, 6.07) is -1.99. The number of carbonyl (C=O) groups excluding carboxylic acids is 1. The van der Waals surface area contributed by atoms with Crippen LogP contribution in [0.4, 0.5) is 13.2 Å². The first-order chi connectivity index (χ1) is 8.15. The third-order valence-corrected chi connectivity index (χ3v) is 2.14. The molecule has 0 aliphatic rings. The maximum Gasteiger partial charge on any atom is 0.391 e. The minimum absolute atomic E-state index is 0.221. The SMILES string of the molecule is CCC(C)OCC(=O)NC(CC(F)(F)F)C(=O)O. The van der Waals surface area contributed by atoms with E-state index < -0.39 is 37.1 Å². The Morgan fingerprint density at radius 2 is 1.94 bits per heavy atom. The number of hydrogen-bond acceptors (Lipinski definition) is 3. The molecule has 5 nitrogen and oxygen atoms in total. The van der Waals surface area contributed by atoms with Crippen LogP contribution in [0.5, 0.6) is 0 Å². The van der Waals surface area contributed by atoms with E-state index in [4.69, 9.17) is 9.84 Å². The molecule has 0 heterocycles. The van der Waals surface area contributed by atoms with Gasteiger partial charge in [-0.05, 0) is 13.3 Å². The lowest BCUT2D eigenvalue weighted by Gasteiger charge is -2.17. The molecular formula is C10H16F3NO4. The van der Waals surface area contributed by atoms with Crippen molar-refractivity contribution in [3.8, 4) is 0 Å². The second kappa shape index (κ2) is 7.20. The highest BCUT2D eigenvalue weighted by Crippen LogP contribution is 2.21. The lowest BCUT2D eigenvalue weighted by molar-refractivity contribution is -0.160. The molecular weight excluding hydrogens is 255 g/mol. The summed E-state index contributed by atoms with van der Waals surface area (Å²) in [6.45, 7) is 3.04. The zero-order valence-electron chi connectivity index (χ0n) is 10.1. The average Bonchev–Trinajstić information content (AvgIpc) is 2.22. The van der Waals surface area contributed by atoms with Crippen molar-refractivity contribution in [2.75, 3.05) is 6.61 Å². The predicted molar refractivity (Wildman–Crippen MR) is 55.9 cm³/mol. The molecule has 106 valence electrons. The van der Waals surface area contributed by atoms with Gasteiger partial charge in [0, 0.05) is 0 Å². The van der Waals surface area contributed by atoms with Gasteiger partial charge in [-0.1, -0.05) is 6.92 Å². The Balaban J connectivity index is 4.25. The van der Waals surface area contributed by atoms with Gasteiger partial charge in [0.1, 0.15) is 12.6 Å². The minimum atomic E-state index is -4.66. The second-order valence-corrected chi connectivity index (χ2v) is 3.81. The highest BCUT2D eigenvalue weighted by molar-refractivity contribution is 5.84. The molecule has 2 atom stereocenters. The molecule has 18 heavy (non-hydrogen) atoms. The van der Waals surface area contributed by atoms with Crippen molar-refractivity contribution < 1.29 is 32.6 Å². The molecule has 0 saturated heterocycles. The van der Waals surface area contributed by atoms with E-state index in [0.717, 1.165) is 0 Å². The van der Waals surface area contributed by atoms with Gasteiger partial charge in [-0.15, -0.1) is 0 Å². The van der Waals surface area contributed by atoms with Crippen molar-refractivity contribution in [2.24, 2.45) is 0 Å². The van der Waals surface area contributed by atoms with Crippen molar-refractivity contribution in [1.29, 1.82) is 0 Å². The topological polar surface area (TPSA) is 75.6 Å². The van der Waals surface area contributed by atoms with Crippen LogP contribution in [0.25, 0.3) is 0 Å². The maximum atomic E-state index is 12.0. The molecule has 0 bridgehead atoms. The number of carboxylic acid groups (broad SMARTS) is 1. The fraction of sp³-hybridized carbons (Fsp3) is 0.800. The summed E-state index contributed by atoms with van der Waals surface area (Å²) in [6.07, 6.45) is -5.86. The Morgan fingerprint density at radius 1 is 1.39 bits per heavy atom. The van der Waals surface area contributed by atoms with Gasteiger partial charge in [-0.25, -0.2) is 4.79 Å². The molecule has 0 aliphatic carbocycles. The minimum Gasteiger partial charge on any atom is -0.480 e. The smallest absolute Gasteiger partial charge is 0.391 e. The van der Waals surface area contributed by atoms with Crippen LogP contribution in [-0.2, 0) is 14.3 Å². The number of aliphatic carboxylic acids is 1. The average molecular weight is 271 g/mol. The van der Waals surface area contributed by atoms with E-state index in [1.165, 1.54) is 0 Å². The van der Waals surface area contributed by atoms with Crippen LogP contribution < -0.4 is 5.32 Å². The van der Waals surface area contributed by atoms with Crippen LogP contribution in [0.15, 0.2) is 0 Å². The standard InChI is InChI=1S/C10H16F3NO4/c1-3-6(2)18-5-8(15)14-7(9(16)17)4-10(11,12)13/h6-7H,3-5H2,1-2H3,(H,14,15)(H,16,17). The largest absolute Gasteiger partial charge is 0.480 e. The first-order valence-electron chi connectivity index (χ1n) is 5.36. The molecule has 0 rings (SSSR count). The number of amides is 1. The summed E-state index contributed by atoms with van der Waals surface area (Å²) >= 11 is 0. The van der Waals surface area contributed by atoms with Crippen LogP contribution in [0.3, 0.4) is 0 Å². The second-order valence-electron chi connectivity index (χ2n) is 3.81. The lowest BCUT2D eigenvalue weighted by atomic mass is 10.2. The Morgan fingerprint density at radius 3 is 2.33 bits per heavy atom. The maximum absolute atomic E-state index is 12.0. The highest BCUT2D eigenvalue weighted by atomic mass is 19.4. The van der Waals surface area contributed by atoms with Gasteiger partial charge in [0.15, 0.2) is 0 Å². The van der Waals surface area contributed by atoms with E-state index in [1.54, 1.807) is 12.2 Å². The van der Waals surface area contributed by atoms with E-state index in [9.17, 15) is 22.8 Å². The summed E-state index contributed by atoms with van der Waals surface area (Å²) in [5.74, 6) is -2.61. The number of hydrogen-bond donors (Lipinski definition) is 2. The Kier molecular flexibility index (Phi) is 6.67. The van der Waals surface area contributed by atoms with Crippen molar-refractivity contribution in [2.45, 2.75) is 45.0 Å². The quantitative estimate of drug-likeness (QED) is 0.732. The Bertz CT molecular complexity index is 293. The summed E-state index contributed by atoms with van der Waals surface area (Å²) in [5, 5.41) is 10.3. The number of ether oxygens (including phenoxy) is 1. The molecule has 8 heteroatoms. The number of rotatable bonds is 7. The third kappa shape index (κ3) is 7.88. The number of alkyl halides is 3. The van der Waals surface area contributed by atoms with Crippen LogP contribution in [0.2, 0.25) is 0 Å². The van der Waals surface area contributed by atoms with E-state index >= 15 is 0 Å². The predicted octanol–water partition coefficient (Wildman–Crippen LogP) is 1.32. The van der Waals surface area contributed by atoms with Crippen LogP contribution in [0, 0.1) is 0 Å². The number of carboxylic acids is 1. The van der Waals surface area contributed by atoms with Gasteiger partial charge in [-0.3, -0.25) is 4.79 Å². The summed E-state index contributed by atoms with van der Waals surface area (Å²) < 4.78 is 41.1. The zero-order chi connectivity index (χ0) is 14.3. The van der Waals surface area contributed by atoms with Crippen molar-refractivity contribution in [1.82, 2.24) is 5.32 Å². The molecule has 0 fully saturated rings. The molecule has 0 aromatic carbocycles. The van der Waals surface area contributed by atoms with E-state index in [1.807, 2.05) is 6.92 Å². The van der Waals surface area contributed by atoms with Gasteiger partial charge in [0.05, 0.1) is 12.5 Å². The van der Waals surface area contributed by atoms with Gasteiger partial charge >= 0.3 is 12.1 Å².